The Morgan fingerprint density at radius 3 is 2.75 bits per heavy atom. The fourth-order valence-electron chi connectivity index (χ4n) is 0.187. The monoisotopic (exact) mass is 222 g/mol. The molecule has 0 aromatic rings. The van der Waals surface area contributed by atoms with Gasteiger partial charge in [-0.15, -0.1) is 0 Å². The van der Waals surface area contributed by atoms with Gasteiger partial charge in [0.15, 0.2) is 0 Å². The molecule has 0 aromatic carbocycles. The lowest BCUT2D eigenvalue weighted by Gasteiger charge is -1.75. The van der Waals surface area contributed by atoms with Gasteiger partial charge in [0.25, 0.3) is 0 Å². The van der Waals surface area contributed by atoms with E-state index in [2.05, 4.69) is 27.6 Å². The van der Waals surface area contributed by atoms with E-state index in [9.17, 15) is 0 Å². The highest BCUT2D eigenvalue weighted by atomic mass is 127. The van der Waals surface area contributed by atoms with Crippen molar-refractivity contribution in [2.24, 2.45) is 4.99 Å². The van der Waals surface area contributed by atoms with Gasteiger partial charge in [0.1, 0.15) is 0 Å². The van der Waals surface area contributed by atoms with Crippen LogP contribution in [0.25, 0.3) is 0 Å². The van der Waals surface area contributed by atoms with Crippen molar-refractivity contribution in [1.82, 2.24) is 0 Å². The third kappa shape index (κ3) is 5.81. The zero-order valence-electron chi connectivity index (χ0n) is 4.56. The van der Waals surface area contributed by atoms with Crippen molar-refractivity contribution < 1.29 is 0 Å². The summed E-state index contributed by atoms with van der Waals surface area (Å²) in [4.78, 5) is 3.75. The number of aliphatic imine (C=N–C) groups is 1. The van der Waals surface area contributed by atoms with E-state index >= 15 is 0 Å². The number of nitrogens with one attached hydrogen (secondary N) is 1. The molecule has 0 spiro atoms. The molecule has 0 radical (unpaired) electrons. The van der Waals surface area contributed by atoms with Crippen LogP contribution in [-0.2, 0) is 0 Å². The minimum absolute atomic E-state index is 0.472. The number of hydrogen-bond donors (Lipinski definition) is 1. The van der Waals surface area contributed by atoms with E-state index in [0.29, 0.717) is 5.71 Å². The maximum Gasteiger partial charge on any atom is 0.0473 e. The topological polar surface area (TPSA) is 36.2 Å². The first kappa shape index (κ1) is 7.81. The molecule has 0 fully saturated rings. The molecular weight excluding hydrogens is 215 g/mol. The Kier molecular flexibility index (Phi) is 4.84. The lowest BCUT2D eigenvalue weighted by atomic mass is 10.5. The molecule has 0 amide bonds. The molecule has 0 rings (SSSR count). The zero-order valence-corrected chi connectivity index (χ0v) is 6.71. The van der Waals surface area contributed by atoms with Crippen LogP contribution in [-0.4, -0.2) is 11.9 Å². The molecule has 0 aromatic heterocycles. The summed E-state index contributed by atoms with van der Waals surface area (Å²) in [6.45, 7) is 1.69. The van der Waals surface area contributed by atoms with Crippen LogP contribution in [0.4, 0.5) is 0 Å². The highest BCUT2D eigenvalue weighted by Gasteiger charge is 1.70. The van der Waals surface area contributed by atoms with Crippen LogP contribution in [0.1, 0.15) is 6.92 Å². The molecule has 0 atom stereocenters. The molecule has 0 aliphatic carbocycles. The number of nitrogens with zero attached hydrogens (tertiary/aromatic N) is 1. The van der Waals surface area contributed by atoms with Crippen molar-refractivity contribution in [1.29, 1.82) is 5.41 Å². The van der Waals surface area contributed by atoms with Gasteiger partial charge in [0.2, 0.25) is 0 Å². The molecule has 1 N–H and O–H groups in total. The number of hydrogen-bond acceptors (Lipinski definition) is 2. The molecule has 0 aliphatic rings. The van der Waals surface area contributed by atoms with E-state index in [1.807, 2.05) is 0 Å². The highest BCUT2D eigenvalue weighted by molar-refractivity contribution is 14.1. The maximum atomic E-state index is 6.89. The minimum Gasteiger partial charge on any atom is -0.304 e. The average Bonchev–Trinajstić information content (AvgIpc) is 1.66. The second-order valence-corrected chi connectivity index (χ2v) is 1.96. The summed E-state index contributed by atoms with van der Waals surface area (Å²) in [6.07, 6.45) is 3.13. The molecule has 2 nitrogen and oxygen atoms in total. The lowest BCUT2D eigenvalue weighted by Crippen LogP contribution is -1.85. The third-order valence-corrected chi connectivity index (χ3v) is 0.732. The Labute approximate surface area is 62.4 Å². The first-order valence-corrected chi connectivity index (χ1v) is 3.35. The fraction of sp³-hybridized carbons (Fsp3) is 0.200. The van der Waals surface area contributed by atoms with E-state index in [0.717, 1.165) is 0 Å². The number of rotatable bonds is 2. The van der Waals surface area contributed by atoms with Crippen molar-refractivity contribution in [3.8, 4) is 0 Å². The van der Waals surface area contributed by atoms with E-state index in [4.69, 9.17) is 5.41 Å². The molecule has 0 heterocycles. The first-order valence-electron chi connectivity index (χ1n) is 2.11. The Hall–Kier alpha value is -0.190. The van der Waals surface area contributed by atoms with Crippen molar-refractivity contribution in [3.63, 3.8) is 0 Å². The van der Waals surface area contributed by atoms with Gasteiger partial charge in [0, 0.05) is 18.1 Å². The normalized spacial score (nSPS) is 11.2. The van der Waals surface area contributed by atoms with Gasteiger partial charge in [0.05, 0.1) is 0 Å². The summed E-state index contributed by atoms with van der Waals surface area (Å²) in [5.41, 5.74) is 0.472. The average molecular weight is 222 g/mol. The molecular formula is C5H7IN2. The molecule has 8 heavy (non-hydrogen) atoms. The van der Waals surface area contributed by atoms with Crippen molar-refractivity contribution in [2.45, 2.75) is 6.92 Å². The fourth-order valence-corrected chi connectivity index (χ4v) is 0.373. The van der Waals surface area contributed by atoms with Crippen LogP contribution in [0.15, 0.2) is 15.3 Å². The van der Waals surface area contributed by atoms with Crippen molar-refractivity contribution in [3.05, 3.63) is 10.3 Å². The standard InChI is InChI=1S/C5H7IN2/c1-5(7)4-8-3-2-6/h2-4,7H,1H3/b3-2-,7-5?,8-4?. The van der Waals surface area contributed by atoms with Crippen molar-refractivity contribution >= 4 is 34.5 Å². The van der Waals surface area contributed by atoms with Gasteiger partial charge in [-0.05, 0) is 11.0 Å². The predicted octanol–water partition coefficient (Wildman–Crippen LogP) is 2.00. The van der Waals surface area contributed by atoms with E-state index in [1.54, 1.807) is 17.2 Å². The molecule has 0 saturated carbocycles. The molecule has 0 aliphatic heterocycles. The Morgan fingerprint density at radius 1 is 1.75 bits per heavy atom. The van der Waals surface area contributed by atoms with Crippen molar-refractivity contribution in [2.75, 3.05) is 0 Å². The van der Waals surface area contributed by atoms with Gasteiger partial charge in [-0.1, -0.05) is 22.6 Å². The largest absolute Gasteiger partial charge is 0.304 e. The summed E-state index contributed by atoms with van der Waals surface area (Å²) >= 11 is 2.07. The molecule has 3 heteroatoms. The maximum absolute atomic E-state index is 6.89. The van der Waals surface area contributed by atoms with E-state index < -0.39 is 0 Å². The lowest BCUT2D eigenvalue weighted by molar-refractivity contribution is 1.51. The predicted molar refractivity (Wildman–Crippen MR) is 45.1 cm³/mol. The summed E-state index contributed by atoms with van der Waals surface area (Å²) in [7, 11) is 0. The van der Waals surface area contributed by atoms with Crippen LogP contribution in [0, 0.1) is 5.41 Å². The molecule has 0 unspecified atom stereocenters. The number of halogens is 1. The molecule has 44 valence electrons. The zero-order chi connectivity index (χ0) is 6.41. The van der Waals surface area contributed by atoms with E-state index in [-0.39, 0.29) is 0 Å². The van der Waals surface area contributed by atoms with Gasteiger partial charge < -0.3 is 5.41 Å². The van der Waals surface area contributed by atoms with E-state index in [1.165, 1.54) is 6.21 Å². The summed E-state index contributed by atoms with van der Waals surface area (Å²) in [5.74, 6) is 0. The second-order valence-electron chi connectivity index (χ2n) is 1.24. The summed E-state index contributed by atoms with van der Waals surface area (Å²) in [5, 5.41) is 6.89. The molecule has 0 saturated heterocycles. The highest BCUT2D eigenvalue weighted by Crippen LogP contribution is 1.82. The van der Waals surface area contributed by atoms with Gasteiger partial charge in [-0.3, -0.25) is 4.99 Å². The SMILES string of the molecule is CC(=N)C=N/C=C\I. The Morgan fingerprint density at radius 2 is 2.38 bits per heavy atom. The van der Waals surface area contributed by atoms with Crippen LogP contribution >= 0.6 is 22.6 Å². The summed E-state index contributed by atoms with van der Waals surface area (Å²) in [6, 6.07) is 0. The first-order chi connectivity index (χ1) is 3.77. The minimum atomic E-state index is 0.472. The van der Waals surface area contributed by atoms with Gasteiger partial charge in [-0.2, -0.15) is 0 Å². The van der Waals surface area contributed by atoms with Gasteiger partial charge >= 0.3 is 0 Å². The van der Waals surface area contributed by atoms with Crippen LogP contribution in [0.5, 0.6) is 0 Å². The third-order valence-electron chi connectivity index (χ3n) is 0.411. The quantitative estimate of drug-likeness (QED) is 0.548. The van der Waals surface area contributed by atoms with Crippen LogP contribution in [0.3, 0.4) is 0 Å². The van der Waals surface area contributed by atoms with Crippen LogP contribution < -0.4 is 0 Å². The Balaban J connectivity index is 3.50. The van der Waals surface area contributed by atoms with Crippen LogP contribution in [0.2, 0.25) is 0 Å². The molecule has 0 bridgehead atoms. The summed E-state index contributed by atoms with van der Waals surface area (Å²) < 4.78 is 1.79. The second kappa shape index (κ2) is 4.96. The smallest absolute Gasteiger partial charge is 0.0473 e. The van der Waals surface area contributed by atoms with Gasteiger partial charge in [-0.25, -0.2) is 0 Å². The Bertz CT molecular complexity index is 126.